The zero-order valence-electron chi connectivity index (χ0n) is 11.3. The summed E-state index contributed by atoms with van der Waals surface area (Å²) in [7, 11) is 0. The standard InChI is InChI=1S/C14H21NO3/c1-9-11(13(17)18-14(9,2)3)12(16)15-10-7-5-4-6-8-10/h10H,4-8H2,1-3H3,(H,15,16). The highest BCUT2D eigenvalue weighted by atomic mass is 16.6. The van der Waals surface area contributed by atoms with Gasteiger partial charge in [-0.15, -0.1) is 0 Å². The van der Waals surface area contributed by atoms with E-state index in [1.54, 1.807) is 20.8 Å². The summed E-state index contributed by atoms with van der Waals surface area (Å²) in [6.07, 6.45) is 5.56. The Kier molecular flexibility index (Phi) is 3.46. The van der Waals surface area contributed by atoms with Gasteiger partial charge in [-0.1, -0.05) is 19.3 Å². The zero-order chi connectivity index (χ0) is 13.3. The fraction of sp³-hybridized carbons (Fsp3) is 0.714. The maximum Gasteiger partial charge on any atom is 0.344 e. The molecule has 4 nitrogen and oxygen atoms in total. The average molecular weight is 251 g/mol. The lowest BCUT2D eigenvalue weighted by atomic mass is 9.94. The molecule has 0 radical (unpaired) electrons. The maximum absolute atomic E-state index is 12.2. The molecule has 4 heteroatoms. The van der Waals surface area contributed by atoms with E-state index in [2.05, 4.69) is 5.32 Å². The van der Waals surface area contributed by atoms with E-state index in [4.69, 9.17) is 4.74 Å². The van der Waals surface area contributed by atoms with E-state index in [0.29, 0.717) is 0 Å². The van der Waals surface area contributed by atoms with Gasteiger partial charge in [0.1, 0.15) is 11.2 Å². The summed E-state index contributed by atoms with van der Waals surface area (Å²) in [5, 5.41) is 2.96. The van der Waals surface area contributed by atoms with Gasteiger partial charge in [0.2, 0.25) is 0 Å². The lowest BCUT2D eigenvalue weighted by Crippen LogP contribution is -2.38. The molecule has 18 heavy (non-hydrogen) atoms. The van der Waals surface area contributed by atoms with E-state index in [-0.39, 0.29) is 17.5 Å². The molecule has 1 amide bonds. The molecule has 0 aromatic rings. The molecule has 0 saturated heterocycles. The van der Waals surface area contributed by atoms with E-state index in [9.17, 15) is 9.59 Å². The molecule has 0 aromatic heterocycles. The van der Waals surface area contributed by atoms with Gasteiger partial charge in [-0.25, -0.2) is 4.79 Å². The van der Waals surface area contributed by atoms with Gasteiger partial charge in [0.15, 0.2) is 0 Å². The van der Waals surface area contributed by atoms with Crippen LogP contribution in [0.4, 0.5) is 0 Å². The van der Waals surface area contributed by atoms with Crippen LogP contribution in [0.2, 0.25) is 0 Å². The van der Waals surface area contributed by atoms with Gasteiger partial charge in [-0.2, -0.15) is 0 Å². The van der Waals surface area contributed by atoms with Crippen LogP contribution in [0.1, 0.15) is 52.9 Å². The maximum atomic E-state index is 12.2. The number of carbonyl (C=O) groups is 2. The summed E-state index contributed by atoms with van der Waals surface area (Å²) in [4.78, 5) is 23.9. The quantitative estimate of drug-likeness (QED) is 0.604. The van der Waals surface area contributed by atoms with Crippen LogP contribution >= 0.6 is 0 Å². The van der Waals surface area contributed by atoms with Crippen LogP contribution in [-0.2, 0) is 14.3 Å². The highest BCUT2D eigenvalue weighted by molar-refractivity contribution is 6.18. The third kappa shape index (κ3) is 2.42. The summed E-state index contributed by atoms with van der Waals surface area (Å²) in [6.45, 7) is 5.41. The van der Waals surface area contributed by atoms with Crippen molar-refractivity contribution in [2.24, 2.45) is 0 Å². The van der Waals surface area contributed by atoms with E-state index in [1.165, 1.54) is 6.42 Å². The molecule has 0 bridgehead atoms. The number of ether oxygens (including phenoxy) is 1. The highest BCUT2D eigenvalue weighted by Gasteiger charge is 2.41. The van der Waals surface area contributed by atoms with Crippen LogP contribution in [0.15, 0.2) is 11.1 Å². The Morgan fingerprint density at radius 1 is 1.28 bits per heavy atom. The Morgan fingerprint density at radius 3 is 2.39 bits per heavy atom. The first kappa shape index (κ1) is 13.1. The second kappa shape index (κ2) is 4.75. The van der Waals surface area contributed by atoms with Gasteiger partial charge in [0.25, 0.3) is 5.91 Å². The summed E-state index contributed by atoms with van der Waals surface area (Å²) in [6, 6.07) is 0.211. The van der Waals surface area contributed by atoms with E-state index in [0.717, 1.165) is 31.3 Å². The van der Waals surface area contributed by atoms with Crippen LogP contribution in [0.5, 0.6) is 0 Å². The second-order valence-electron chi connectivity index (χ2n) is 5.71. The van der Waals surface area contributed by atoms with Crippen molar-refractivity contribution in [1.82, 2.24) is 5.32 Å². The molecule has 1 fully saturated rings. The second-order valence-corrected chi connectivity index (χ2v) is 5.71. The topological polar surface area (TPSA) is 55.4 Å². The van der Waals surface area contributed by atoms with Crippen molar-refractivity contribution in [3.8, 4) is 0 Å². The van der Waals surface area contributed by atoms with Gasteiger partial charge in [-0.05, 0) is 39.2 Å². The molecule has 1 heterocycles. The first-order valence-electron chi connectivity index (χ1n) is 6.67. The number of amides is 1. The molecule has 0 spiro atoms. The third-order valence-electron chi connectivity index (χ3n) is 4.00. The fourth-order valence-electron chi connectivity index (χ4n) is 2.58. The predicted octanol–water partition coefficient (Wildman–Crippen LogP) is 2.09. The van der Waals surface area contributed by atoms with Crippen molar-refractivity contribution < 1.29 is 14.3 Å². The number of hydrogen-bond acceptors (Lipinski definition) is 3. The lowest BCUT2D eigenvalue weighted by Gasteiger charge is -2.22. The van der Waals surface area contributed by atoms with E-state index < -0.39 is 11.6 Å². The number of carbonyl (C=O) groups excluding carboxylic acids is 2. The van der Waals surface area contributed by atoms with Gasteiger partial charge in [0.05, 0.1) is 0 Å². The largest absolute Gasteiger partial charge is 0.451 e. The fourth-order valence-corrected chi connectivity index (χ4v) is 2.58. The highest BCUT2D eigenvalue weighted by Crippen LogP contribution is 2.32. The molecular weight excluding hydrogens is 230 g/mol. The monoisotopic (exact) mass is 251 g/mol. The number of hydrogen-bond donors (Lipinski definition) is 1. The minimum absolute atomic E-state index is 0.200. The normalized spacial score (nSPS) is 24.1. The number of nitrogens with one attached hydrogen (secondary N) is 1. The Hall–Kier alpha value is -1.32. The van der Waals surface area contributed by atoms with Crippen molar-refractivity contribution >= 4 is 11.9 Å². The van der Waals surface area contributed by atoms with Crippen molar-refractivity contribution in [3.05, 3.63) is 11.1 Å². The van der Waals surface area contributed by atoms with E-state index in [1.807, 2.05) is 0 Å². The number of rotatable bonds is 2. The summed E-state index contributed by atoms with van der Waals surface area (Å²) in [5.74, 6) is -0.763. The number of cyclic esters (lactones) is 1. The molecule has 1 aliphatic heterocycles. The first-order valence-corrected chi connectivity index (χ1v) is 6.67. The third-order valence-corrected chi connectivity index (χ3v) is 4.00. The molecule has 100 valence electrons. The molecular formula is C14H21NO3. The predicted molar refractivity (Wildman–Crippen MR) is 67.9 cm³/mol. The van der Waals surface area contributed by atoms with Gasteiger partial charge < -0.3 is 10.1 Å². The molecule has 2 rings (SSSR count). The van der Waals surface area contributed by atoms with Crippen molar-refractivity contribution in [2.45, 2.75) is 64.5 Å². The molecule has 1 aliphatic carbocycles. The summed E-state index contributed by atoms with van der Waals surface area (Å²) in [5.41, 5.74) is 0.266. The van der Waals surface area contributed by atoms with Crippen LogP contribution in [0, 0.1) is 0 Å². The van der Waals surface area contributed by atoms with Gasteiger partial charge in [-0.3, -0.25) is 4.79 Å². The van der Waals surface area contributed by atoms with Crippen LogP contribution in [0.3, 0.4) is 0 Å². The SMILES string of the molecule is CC1=C(C(=O)NC2CCCCC2)C(=O)OC1(C)C. The zero-order valence-corrected chi connectivity index (χ0v) is 11.3. The van der Waals surface area contributed by atoms with Gasteiger partial charge >= 0.3 is 5.97 Å². The average Bonchev–Trinajstić information content (AvgIpc) is 2.49. The van der Waals surface area contributed by atoms with Crippen LogP contribution < -0.4 is 5.32 Å². The van der Waals surface area contributed by atoms with Crippen LogP contribution in [-0.4, -0.2) is 23.5 Å². The molecule has 2 aliphatic rings. The summed E-state index contributed by atoms with van der Waals surface area (Å²) < 4.78 is 5.21. The Bertz CT molecular complexity index is 403. The lowest BCUT2D eigenvalue weighted by molar-refractivity contribution is -0.145. The molecule has 0 atom stereocenters. The minimum atomic E-state index is -0.656. The molecule has 0 unspecified atom stereocenters. The molecule has 1 N–H and O–H groups in total. The smallest absolute Gasteiger partial charge is 0.344 e. The van der Waals surface area contributed by atoms with E-state index >= 15 is 0 Å². The van der Waals surface area contributed by atoms with Crippen LogP contribution in [0.25, 0.3) is 0 Å². The van der Waals surface area contributed by atoms with Gasteiger partial charge in [0, 0.05) is 6.04 Å². The first-order chi connectivity index (χ1) is 8.42. The minimum Gasteiger partial charge on any atom is -0.451 e. The summed E-state index contributed by atoms with van der Waals surface area (Å²) >= 11 is 0. The molecule has 1 saturated carbocycles. The molecule has 0 aromatic carbocycles. The Balaban J connectivity index is 2.08. The number of esters is 1. The van der Waals surface area contributed by atoms with Crippen molar-refractivity contribution in [1.29, 1.82) is 0 Å². The Morgan fingerprint density at radius 2 is 1.89 bits per heavy atom. The van der Waals surface area contributed by atoms with Crippen molar-refractivity contribution in [3.63, 3.8) is 0 Å². The van der Waals surface area contributed by atoms with Crippen molar-refractivity contribution in [2.75, 3.05) is 0 Å². The Labute approximate surface area is 108 Å².